The van der Waals surface area contributed by atoms with Crippen molar-refractivity contribution in [1.82, 2.24) is 20.2 Å². The van der Waals surface area contributed by atoms with Crippen LogP contribution in [0.4, 0.5) is 5.69 Å². The van der Waals surface area contributed by atoms with Gasteiger partial charge >= 0.3 is 0 Å². The molecule has 0 radical (unpaired) electrons. The lowest BCUT2D eigenvalue weighted by Gasteiger charge is -2.12. The van der Waals surface area contributed by atoms with Gasteiger partial charge in [0.05, 0.1) is 11.7 Å². The molecule has 0 aliphatic rings. The Morgan fingerprint density at radius 1 is 1.52 bits per heavy atom. The van der Waals surface area contributed by atoms with Gasteiger partial charge in [0.2, 0.25) is 5.91 Å². The Kier molecular flexibility index (Phi) is 7.13. The summed E-state index contributed by atoms with van der Waals surface area (Å²) in [5.74, 6) is 0.673. The number of hydrogen-bond acceptors (Lipinski definition) is 6. The van der Waals surface area contributed by atoms with E-state index in [0.717, 1.165) is 11.4 Å². The summed E-state index contributed by atoms with van der Waals surface area (Å²) in [6.45, 7) is 0. The molecule has 1 atom stereocenters. The molecule has 0 saturated carbocycles. The largest absolute Gasteiger partial charge is 0.325 e. The Morgan fingerprint density at radius 3 is 3.00 bits per heavy atom. The minimum Gasteiger partial charge on any atom is -0.325 e. The van der Waals surface area contributed by atoms with Gasteiger partial charge in [-0.25, -0.2) is 4.68 Å². The number of tetrazole rings is 1. The van der Waals surface area contributed by atoms with Crippen LogP contribution >= 0.6 is 24.2 Å². The molecule has 1 aromatic heterocycles. The molecule has 3 N–H and O–H groups in total. The number of hydrogen-bond donors (Lipinski definition) is 2. The summed E-state index contributed by atoms with van der Waals surface area (Å²) in [6.07, 6.45) is 4.13. The van der Waals surface area contributed by atoms with Crippen LogP contribution < -0.4 is 11.1 Å². The number of benzene rings is 1. The third-order valence-corrected chi connectivity index (χ3v) is 3.34. The van der Waals surface area contributed by atoms with Gasteiger partial charge in [0, 0.05) is 5.69 Å². The normalized spacial score (nSPS) is 11.5. The number of carbonyl (C=O) groups is 1. The molecule has 0 spiro atoms. The minimum absolute atomic E-state index is 0. The van der Waals surface area contributed by atoms with Gasteiger partial charge in [-0.15, -0.1) is 17.5 Å². The molecule has 0 unspecified atom stereocenters. The number of rotatable bonds is 6. The highest BCUT2D eigenvalue weighted by molar-refractivity contribution is 7.98. The smallest absolute Gasteiger partial charge is 0.241 e. The number of aromatic nitrogens is 4. The van der Waals surface area contributed by atoms with Gasteiger partial charge < -0.3 is 11.1 Å². The number of nitrogens with two attached hydrogens (primary N) is 1. The van der Waals surface area contributed by atoms with E-state index in [4.69, 9.17) is 5.73 Å². The van der Waals surface area contributed by atoms with Crippen molar-refractivity contribution in [2.45, 2.75) is 12.5 Å². The summed E-state index contributed by atoms with van der Waals surface area (Å²) < 4.78 is 1.52. The second-order valence-electron chi connectivity index (χ2n) is 4.18. The molecule has 2 rings (SSSR count). The van der Waals surface area contributed by atoms with Gasteiger partial charge in [-0.1, -0.05) is 6.07 Å². The first-order chi connectivity index (χ1) is 9.70. The second kappa shape index (κ2) is 8.60. The average Bonchev–Trinajstić information content (AvgIpc) is 2.99. The van der Waals surface area contributed by atoms with Crippen molar-refractivity contribution in [2.75, 3.05) is 17.3 Å². The van der Waals surface area contributed by atoms with Crippen LogP contribution in [0.3, 0.4) is 0 Å². The van der Waals surface area contributed by atoms with Gasteiger partial charge in [0.15, 0.2) is 0 Å². The van der Waals surface area contributed by atoms with Crippen LogP contribution in [0.15, 0.2) is 30.6 Å². The second-order valence-corrected chi connectivity index (χ2v) is 5.17. The van der Waals surface area contributed by atoms with Crippen molar-refractivity contribution in [2.24, 2.45) is 5.73 Å². The monoisotopic (exact) mass is 328 g/mol. The molecule has 114 valence electrons. The van der Waals surface area contributed by atoms with Crippen LogP contribution in [0, 0.1) is 0 Å². The highest BCUT2D eigenvalue weighted by Gasteiger charge is 2.13. The zero-order valence-corrected chi connectivity index (χ0v) is 13.1. The van der Waals surface area contributed by atoms with Gasteiger partial charge in [-0.3, -0.25) is 4.79 Å². The highest BCUT2D eigenvalue weighted by atomic mass is 35.5. The summed E-state index contributed by atoms with van der Waals surface area (Å²) in [5, 5.41) is 13.7. The number of thioether (sulfide) groups is 1. The maximum atomic E-state index is 11.9. The number of carbonyl (C=O) groups excluding carboxylic acids is 1. The minimum atomic E-state index is -0.501. The first-order valence-electron chi connectivity index (χ1n) is 6.09. The molecule has 0 saturated heterocycles. The van der Waals surface area contributed by atoms with E-state index in [2.05, 4.69) is 20.8 Å². The third kappa shape index (κ3) is 5.00. The van der Waals surface area contributed by atoms with Crippen LogP contribution in [0.5, 0.6) is 0 Å². The Hall–Kier alpha value is -1.64. The molecule has 0 aliphatic heterocycles. The molecule has 1 heterocycles. The molecule has 1 amide bonds. The quantitative estimate of drug-likeness (QED) is 0.824. The van der Waals surface area contributed by atoms with Crippen LogP contribution in [-0.2, 0) is 4.79 Å². The molecular weight excluding hydrogens is 312 g/mol. The topological polar surface area (TPSA) is 98.7 Å². The Labute approximate surface area is 133 Å². The number of anilines is 1. The lowest BCUT2D eigenvalue weighted by molar-refractivity contribution is -0.117. The molecule has 0 aliphatic carbocycles. The third-order valence-electron chi connectivity index (χ3n) is 2.70. The highest BCUT2D eigenvalue weighted by Crippen LogP contribution is 2.13. The summed E-state index contributed by atoms with van der Waals surface area (Å²) >= 11 is 1.67. The van der Waals surface area contributed by atoms with Crippen molar-refractivity contribution >= 4 is 35.8 Å². The molecule has 2 aromatic rings. The van der Waals surface area contributed by atoms with Crippen molar-refractivity contribution in [3.8, 4) is 5.69 Å². The fraction of sp³-hybridized carbons (Fsp3) is 0.333. The predicted octanol–water partition coefficient (Wildman–Crippen LogP) is 1.10. The van der Waals surface area contributed by atoms with E-state index in [1.165, 1.54) is 11.0 Å². The van der Waals surface area contributed by atoms with Crippen molar-refractivity contribution in [3.63, 3.8) is 0 Å². The van der Waals surface area contributed by atoms with E-state index in [1.54, 1.807) is 23.9 Å². The Bertz CT molecular complexity index is 565. The van der Waals surface area contributed by atoms with Crippen molar-refractivity contribution < 1.29 is 4.79 Å². The van der Waals surface area contributed by atoms with E-state index in [-0.39, 0.29) is 18.3 Å². The van der Waals surface area contributed by atoms with E-state index >= 15 is 0 Å². The molecule has 1 aromatic carbocycles. The maximum absolute atomic E-state index is 11.9. The Balaban J connectivity index is 0.00000220. The molecule has 9 heteroatoms. The van der Waals surface area contributed by atoms with E-state index in [9.17, 15) is 4.79 Å². The predicted molar refractivity (Wildman–Crippen MR) is 86.0 cm³/mol. The van der Waals surface area contributed by atoms with Crippen molar-refractivity contribution in [3.05, 3.63) is 30.6 Å². The van der Waals surface area contributed by atoms with Crippen molar-refractivity contribution in [1.29, 1.82) is 0 Å². The van der Waals surface area contributed by atoms with Crippen LogP contribution in [0.2, 0.25) is 0 Å². The van der Waals surface area contributed by atoms with E-state index in [1.807, 2.05) is 18.4 Å². The van der Waals surface area contributed by atoms with Crippen LogP contribution in [-0.4, -0.2) is 44.2 Å². The summed E-state index contributed by atoms with van der Waals surface area (Å²) in [6, 6.07) is 6.75. The molecular formula is C12H17ClN6OS. The number of nitrogens with zero attached hydrogens (tertiary/aromatic N) is 4. The van der Waals surface area contributed by atoms with E-state index < -0.39 is 6.04 Å². The Morgan fingerprint density at radius 2 is 2.33 bits per heavy atom. The van der Waals surface area contributed by atoms with Crippen LogP contribution in [0.1, 0.15) is 6.42 Å². The van der Waals surface area contributed by atoms with Gasteiger partial charge in [-0.05, 0) is 47.1 Å². The SMILES string of the molecule is CSCC[C@H](N)C(=O)Nc1cccc(-n2cnnn2)c1.Cl. The summed E-state index contributed by atoms with van der Waals surface area (Å²) in [7, 11) is 0. The summed E-state index contributed by atoms with van der Waals surface area (Å²) in [5.41, 5.74) is 7.26. The number of amides is 1. The number of nitrogens with one attached hydrogen (secondary N) is 1. The van der Waals surface area contributed by atoms with Gasteiger partial charge in [0.1, 0.15) is 6.33 Å². The molecule has 21 heavy (non-hydrogen) atoms. The fourth-order valence-electron chi connectivity index (χ4n) is 1.62. The van der Waals surface area contributed by atoms with Crippen LogP contribution in [0.25, 0.3) is 5.69 Å². The first kappa shape index (κ1) is 17.4. The summed E-state index contributed by atoms with van der Waals surface area (Å²) in [4.78, 5) is 11.9. The lowest BCUT2D eigenvalue weighted by atomic mass is 10.2. The number of halogens is 1. The maximum Gasteiger partial charge on any atom is 0.241 e. The first-order valence-corrected chi connectivity index (χ1v) is 7.49. The molecule has 7 nitrogen and oxygen atoms in total. The van der Waals surface area contributed by atoms with Gasteiger partial charge in [-0.2, -0.15) is 11.8 Å². The molecule has 0 bridgehead atoms. The standard InChI is InChI=1S/C12H16N6OS.ClH/c1-20-6-5-11(13)12(19)15-9-3-2-4-10(7-9)18-8-14-16-17-18;/h2-4,7-8,11H,5-6,13H2,1H3,(H,15,19);1H/t11-;/m0./s1. The fourth-order valence-corrected chi connectivity index (χ4v) is 2.11. The molecule has 0 fully saturated rings. The van der Waals surface area contributed by atoms with E-state index in [0.29, 0.717) is 12.1 Å². The average molecular weight is 329 g/mol. The zero-order valence-electron chi connectivity index (χ0n) is 11.5. The lowest BCUT2D eigenvalue weighted by Crippen LogP contribution is -2.36. The zero-order chi connectivity index (χ0) is 14.4. The van der Waals surface area contributed by atoms with Gasteiger partial charge in [0.25, 0.3) is 0 Å².